The average Bonchev–Trinajstić information content (AvgIpc) is 2.74. The molecule has 6 heteroatoms. The van der Waals surface area contributed by atoms with E-state index >= 15 is 0 Å². The Morgan fingerprint density at radius 1 is 1.25 bits per heavy atom. The zero-order valence-electron chi connectivity index (χ0n) is 12.1. The van der Waals surface area contributed by atoms with Crippen molar-refractivity contribution in [3.8, 4) is 0 Å². The van der Waals surface area contributed by atoms with E-state index in [4.69, 9.17) is 4.42 Å². The molecule has 0 aromatic carbocycles. The van der Waals surface area contributed by atoms with Crippen molar-refractivity contribution in [2.75, 3.05) is 12.4 Å². The molecule has 0 aliphatic carbocycles. The highest BCUT2D eigenvalue weighted by atomic mass is 16.4. The number of anilines is 1. The molecule has 106 valence electrons. The van der Waals surface area contributed by atoms with Gasteiger partial charge in [0.05, 0.1) is 12.2 Å². The summed E-state index contributed by atoms with van der Waals surface area (Å²) in [5.41, 5.74) is 2.18. The molecule has 0 spiro atoms. The number of hydrogen-bond donors (Lipinski definition) is 2. The summed E-state index contributed by atoms with van der Waals surface area (Å²) in [4.78, 5) is 20.6. The molecule has 0 fully saturated rings. The summed E-state index contributed by atoms with van der Waals surface area (Å²) in [5.74, 6) is 1.76. The van der Waals surface area contributed by atoms with Crippen LogP contribution in [0.2, 0.25) is 0 Å². The van der Waals surface area contributed by atoms with Crippen LogP contribution in [0, 0.1) is 20.8 Å². The van der Waals surface area contributed by atoms with Crippen LogP contribution in [0.15, 0.2) is 16.5 Å². The lowest BCUT2D eigenvalue weighted by Gasteiger charge is -2.06. The molecule has 20 heavy (non-hydrogen) atoms. The van der Waals surface area contributed by atoms with Crippen LogP contribution in [0.5, 0.6) is 0 Å². The minimum Gasteiger partial charge on any atom is -0.444 e. The lowest BCUT2D eigenvalue weighted by molar-refractivity contribution is 0.0947. The number of carbonyl (C=O) groups is 1. The number of nitrogens with zero attached hydrogens (tertiary/aromatic N) is 2. The summed E-state index contributed by atoms with van der Waals surface area (Å²) in [5, 5.41) is 5.71. The average molecular weight is 274 g/mol. The maximum Gasteiger partial charge on any atom is 0.251 e. The minimum atomic E-state index is -0.180. The fourth-order valence-corrected chi connectivity index (χ4v) is 1.80. The van der Waals surface area contributed by atoms with Gasteiger partial charge in [0.15, 0.2) is 0 Å². The van der Waals surface area contributed by atoms with Crippen molar-refractivity contribution < 1.29 is 9.21 Å². The van der Waals surface area contributed by atoms with Gasteiger partial charge in [-0.05, 0) is 32.9 Å². The van der Waals surface area contributed by atoms with Gasteiger partial charge in [0.1, 0.15) is 11.6 Å². The number of rotatable bonds is 4. The molecular formula is C14H18N4O2. The van der Waals surface area contributed by atoms with Gasteiger partial charge < -0.3 is 15.1 Å². The van der Waals surface area contributed by atoms with E-state index < -0.39 is 0 Å². The Morgan fingerprint density at radius 2 is 2.00 bits per heavy atom. The number of carbonyl (C=O) groups excluding carboxylic acids is 1. The summed E-state index contributed by atoms with van der Waals surface area (Å²) in [6.07, 6.45) is 0. The molecule has 0 aliphatic heterocycles. The van der Waals surface area contributed by atoms with E-state index in [1.807, 2.05) is 20.8 Å². The molecule has 0 bridgehead atoms. The van der Waals surface area contributed by atoms with Gasteiger partial charge in [-0.3, -0.25) is 4.79 Å². The Kier molecular flexibility index (Phi) is 4.02. The number of nitrogens with one attached hydrogen (secondary N) is 2. The van der Waals surface area contributed by atoms with Crippen molar-refractivity contribution in [3.05, 3.63) is 40.7 Å². The number of pyridine rings is 1. The number of aromatic nitrogens is 2. The summed E-state index contributed by atoms with van der Waals surface area (Å²) in [6.45, 7) is 5.83. The molecule has 2 heterocycles. The Labute approximate surface area is 117 Å². The molecule has 1 amide bonds. The van der Waals surface area contributed by atoms with Crippen LogP contribution in [-0.2, 0) is 6.54 Å². The summed E-state index contributed by atoms with van der Waals surface area (Å²) >= 11 is 0. The first kappa shape index (κ1) is 14.0. The Balaban J connectivity index is 2.06. The summed E-state index contributed by atoms with van der Waals surface area (Å²) in [7, 11) is 1.77. The van der Waals surface area contributed by atoms with Gasteiger partial charge >= 0.3 is 0 Å². The van der Waals surface area contributed by atoms with Crippen molar-refractivity contribution in [1.82, 2.24) is 15.3 Å². The lowest BCUT2D eigenvalue weighted by atomic mass is 10.2. The second kappa shape index (κ2) is 5.73. The van der Waals surface area contributed by atoms with E-state index in [0.717, 1.165) is 17.1 Å². The van der Waals surface area contributed by atoms with E-state index in [-0.39, 0.29) is 12.5 Å². The Morgan fingerprint density at radius 3 is 2.60 bits per heavy atom. The quantitative estimate of drug-likeness (QED) is 0.891. The standard InChI is InChI=1S/C14H18N4O2/c1-8-5-11(6-12(15-4)17-8)14(19)16-7-13-18-9(2)10(3)20-13/h5-6H,7H2,1-4H3,(H,15,17)(H,16,19). The molecule has 2 aromatic heterocycles. The van der Waals surface area contributed by atoms with E-state index in [1.54, 1.807) is 19.2 Å². The number of oxazole rings is 1. The monoisotopic (exact) mass is 274 g/mol. The molecule has 2 aromatic rings. The van der Waals surface area contributed by atoms with E-state index in [0.29, 0.717) is 17.3 Å². The van der Waals surface area contributed by atoms with Gasteiger partial charge in [-0.1, -0.05) is 0 Å². The largest absolute Gasteiger partial charge is 0.444 e. The van der Waals surface area contributed by atoms with E-state index in [9.17, 15) is 4.79 Å². The van der Waals surface area contributed by atoms with Gasteiger partial charge in [-0.25, -0.2) is 9.97 Å². The molecule has 6 nitrogen and oxygen atoms in total. The number of hydrogen-bond acceptors (Lipinski definition) is 5. The Hall–Kier alpha value is -2.37. The van der Waals surface area contributed by atoms with Crippen molar-refractivity contribution in [1.29, 1.82) is 0 Å². The first-order chi connectivity index (χ1) is 9.49. The van der Waals surface area contributed by atoms with Gasteiger partial charge in [-0.15, -0.1) is 0 Å². The number of aryl methyl sites for hydroxylation is 3. The SMILES string of the molecule is CNc1cc(C(=O)NCc2nc(C)c(C)o2)cc(C)n1. The van der Waals surface area contributed by atoms with Gasteiger partial charge in [0.25, 0.3) is 5.91 Å². The third kappa shape index (κ3) is 3.14. The maximum atomic E-state index is 12.1. The molecule has 2 N–H and O–H groups in total. The highest BCUT2D eigenvalue weighted by Crippen LogP contribution is 2.11. The van der Waals surface area contributed by atoms with Crippen LogP contribution in [0.1, 0.15) is 33.4 Å². The second-order valence-corrected chi connectivity index (χ2v) is 4.56. The molecule has 0 aliphatic rings. The zero-order valence-corrected chi connectivity index (χ0v) is 12.1. The van der Waals surface area contributed by atoms with Crippen LogP contribution in [0.3, 0.4) is 0 Å². The molecule has 0 saturated heterocycles. The third-order valence-electron chi connectivity index (χ3n) is 2.94. The highest BCUT2D eigenvalue weighted by molar-refractivity contribution is 5.94. The molecule has 0 saturated carbocycles. The second-order valence-electron chi connectivity index (χ2n) is 4.56. The Bertz CT molecular complexity index is 615. The fourth-order valence-electron chi connectivity index (χ4n) is 1.80. The van der Waals surface area contributed by atoms with Crippen molar-refractivity contribution in [2.24, 2.45) is 0 Å². The molecule has 0 atom stereocenters. The predicted molar refractivity (Wildman–Crippen MR) is 75.7 cm³/mol. The summed E-state index contributed by atoms with van der Waals surface area (Å²) in [6, 6.07) is 3.44. The zero-order chi connectivity index (χ0) is 14.7. The van der Waals surface area contributed by atoms with Crippen LogP contribution >= 0.6 is 0 Å². The van der Waals surface area contributed by atoms with Crippen molar-refractivity contribution in [2.45, 2.75) is 27.3 Å². The van der Waals surface area contributed by atoms with Crippen molar-refractivity contribution >= 4 is 11.7 Å². The maximum absolute atomic E-state index is 12.1. The highest BCUT2D eigenvalue weighted by Gasteiger charge is 2.10. The lowest BCUT2D eigenvalue weighted by Crippen LogP contribution is -2.23. The molecule has 2 rings (SSSR count). The first-order valence-corrected chi connectivity index (χ1v) is 6.37. The molecular weight excluding hydrogens is 256 g/mol. The van der Waals surface area contributed by atoms with Crippen LogP contribution in [-0.4, -0.2) is 22.9 Å². The van der Waals surface area contributed by atoms with Gasteiger partial charge in [0, 0.05) is 18.3 Å². The van der Waals surface area contributed by atoms with Gasteiger partial charge in [-0.2, -0.15) is 0 Å². The van der Waals surface area contributed by atoms with Crippen LogP contribution < -0.4 is 10.6 Å². The van der Waals surface area contributed by atoms with E-state index in [2.05, 4.69) is 20.6 Å². The smallest absolute Gasteiger partial charge is 0.251 e. The topological polar surface area (TPSA) is 80.0 Å². The number of amides is 1. The van der Waals surface area contributed by atoms with Gasteiger partial charge in [0.2, 0.25) is 5.89 Å². The minimum absolute atomic E-state index is 0.180. The third-order valence-corrected chi connectivity index (χ3v) is 2.94. The normalized spacial score (nSPS) is 10.4. The first-order valence-electron chi connectivity index (χ1n) is 6.37. The predicted octanol–water partition coefficient (Wildman–Crippen LogP) is 1.97. The molecule has 0 radical (unpaired) electrons. The van der Waals surface area contributed by atoms with Crippen molar-refractivity contribution in [3.63, 3.8) is 0 Å². The summed E-state index contributed by atoms with van der Waals surface area (Å²) < 4.78 is 5.42. The fraction of sp³-hybridized carbons (Fsp3) is 0.357. The van der Waals surface area contributed by atoms with E-state index in [1.165, 1.54) is 0 Å². The van der Waals surface area contributed by atoms with Crippen LogP contribution in [0.4, 0.5) is 5.82 Å². The van der Waals surface area contributed by atoms with Crippen LogP contribution in [0.25, 0.3) is 0 Å². The molecule has 0 unspecified atom stereocenters.